The van der Waals surface area contributed by atoms with Crippen molar-refractivity contribution in [1.29, 1.82) is 0 Å². The number of hydrogen-bond donors (Lipinski definition) is 2. The first-order valence-corrected chi connectivity index (χ1v) is 10.7. The van der Waals surface area contributed by atoms with Gasteiger partial charge in [0.25, 0.3) is 5.91 Å². The Bertz CT molecular complexity index is 977. The lowest BCUT2D eigenvalue weighted by Gasteiger charge is -2.43. The van der Waals surface area contributed by atoms with Crippen LogP contribution >= 0.6 is 0 Å². The fraction of sp³-hybridized carbons (Fsp3) is 0.500. The number of hydrogen-bond acceptors (Lipinski definition) is 4. The van der Waals surface area contributed by atoms with E-state index in [9.17, 15) is 14.0 Å². The number of aromatic nitrogens is 2. The van der Waals surface area contributed by atoms with E-state index in [1.807, 2.05) is 11.8 Å². The molecule has 2 aliphatic heterocycles. The maximum absolute atomic E-state index is 13.9. The van der Waals surface area contributed by atoms with E-state index < -0.39 is 11.7 Å². The van der Waals surface area contributed by atoms with E-state index in [4.69, 9.17) is 0 Å². The first-order chi connectivity index (χ1) is 14.8. The van der Waals surface area contributed by atoms with E-state index in [1.54, 1.807) is 18.0 Å². The van der Waals surface area contributed by atoms with Gasteiger partial charge in [0.1, 0.15) is 5.82 Å². The van der Waals surface area contributed by atoms with Gasteiger partial charge in [-0.3, -0.25) is 14.8 Å². The van der Waals surface area contributed by atoms with E-state index in [0.717, 1.165) is 31.7 Å². The van der Waals surface area contributed by atoms with Gasteiger partial charge >= 0.3 is 6.03 Å². The lowest BCUT2D eigenvalue weighted by molar-refractivity contribution is 0.0656. The van der Waals surface area contributed by atoms with Gasteiger partial charge in [0.15, 0.2) is 5.82 Å². The topological polar surface area (TPSA) is 84.6 Å². The summed E-state index contributed by atoms with van der Waals surface area (Å²) in [5, 5.41) is 9.68. The lowest BCUT2D eigenvalue weighted by atomic mass is 10.1. The van der Waals surface area contributed by atoms with Gasteiger partial charge < -0.3 is 15.1 Å². The van der Waals surface area contributed by atoms with Crippen LogP contribution in [0.5, 0.6) is 0 Å². The Morgan fingerprint density at radius 1 is 1.32 bits per heavy atom. The van der Waals surface area contributed by atoms with Gasteiger partial charge in [-0.05, 0) is 45.4 Å². The highest BCUT2D eigenvalue weighted by Crippen LogP contribution is 2.26. The van der Waals surface area contributed by atoms with Crippen LogP contribution in [0.25, 0.3) is 0 Å². The summed E-state index contributed by atoms with van der Waals surface area (Å²) in [4.78, 5) is 31.8. The Kier molecular flexibility index (Phi) is 5.95. The molecular weight excluding hydrogens is 399 g/mol. The van der Waals surface area contributed by atoms with E-state index >= 15 is 0 Å². The number of anilines is 1. The zero-order chi connectivity index (χ0) is 22.1. The number of piperazine rings is 1. The van der Waals surface area contributed by atoms with Crippen molar-refractivity contribution in [3.63, 3.8) is 0 Å². The molecule has 2 saturated heterocycles. The van der Waals surface area contributed by atoms with Crippen molar-refractivity contribution in [2.45, 2.75) is 45.3 Å². The van der Waals surface area contributed by atoms with Crippen LogP contribution in [-0.2, 0) is 6.54 Å². The Morgan fingerprint density at radius 2 is 2.10 bits per heavy atom. The third-order valence-corrected chi connectivity index (χ3v) is 6.33. The molecule has 2 N–H and O–H groups in total. The smallest absolute Gasteiger partial charge is 0.320 e. The van der Waals surface area contributed by atoms with E-state index in [0.29, 0.717) is 17.4 Å². The van der Waals surface area contributed by atoms with Crippen molar-refractivity contribution >= 4 is 17.8 Å². The molecule has 2 aromatic rings. The second-order valence-electron chi connectivity index (χ2n) is 8.54. The van der Waals surface area contributed by atoms with E-state index in [2.05, 4.69) is 27.3 Å². The Hall–Kier alpha value is -2.94. The second-order valence-corrected chi connectivity index (χ2v) is 8.54. The van der Waals surface area contributed by atoms with Crippen molar-refractivity contribution in [3.05, 3.63) is 46.9 Å². The number of aryl methyl sites for hydroxylation is 1. The number of amides is 3. The number of carbonyl (C=O) groups is 2. The van der Waals surface area contributed by atoms with Crippen molar-refractivity contribution in [1.82, 2.24) is 24.9 Å². The number of H-pyrrole nitrogens is 1. The molecule has 1 aromatic heterocycles. The van der Waals surface area contributed by atoms with Gasteiger partial charge in [-0.25, -0.2) is 9.18 Å². The van der Waals surface area contributed by atoms with Crippen molar-refractivity contribution in [2.24, 2.45) is 0 Å². The Labute approximate surface area is 181 Å². The van der Waals surface area contributed by atoms with Gasteiger partial charge in [0, 0.05) is 43.5 Å². The summed E-state index contributed by atoms with van der Waals surface area (Å²) in [6, 6.07) is 6.35. The fourth-order valence-corrected chi connectivity index (χ4v) is 4.55. The fourth-order valence-electron chi connectivity index (χ4n) is 4.55. The largest absolute Gasteiger partial charge is 0.323 e. The van der Waals surface area contributed by atoms with Crippen LogP contribution in [0.2, 0.25) is 0 Å². The number of rotatable bonds is 4. The van der Waals surface area contributed by atoms with Gasteiger partial charge in [-0.15, -0.1) is 0 Å². The highest BCUT2D eigenvalue weighted by molar-refractivity contribution is 6.04. The summed E-state index contributed by atoms with van der Waals surface area (Å²) >= 11 is 0. The average Bonchev–Trinajstić information content (AvgIpc) is 3.34. The summed E-state index contributed by atoms with van der Waals surface area (Å²) in [5.74, 6) is -0.869. The molecule has 3 amide bonds. The molecule has 2 aliphatic rings. The molecule has 2 atom stereocenters. The number of benzene rings is 1. The predicted molar refractivity (Wildman–Crippen MR) is 115 cm³/mol. The number of nitrogens with one attached hydrogen (secondary N) is 2. The molecule has 31 heavy (non-hydrogen) atoms. The highest BCUT2D eigenvalue weighted by Gasteiger charge is 2.37. The minimum atomic E-state index is -0.596. The zero-order valence-electron chi connectivity index (χ0n) is 18.2. The third-order valence-electron chi connectivity index (χ3n) is 6.33. The minimum Gasteiger partial charge on any atom is -0.323 e. The summed E-state index contributed by atoms with van der Waals surface area (Å²) in [5.41, 5.74) is 1.40. The normalized spacial score (nSPS) is 21.1. The lowest BCUT2D eigenvalue weighted by Crippen LogP contribution is -2.58. The van der Waals surface area contributed by atoms with Crippen LogP contribution in [0.1, 0.15) is 41.4 Å². The number of halogens is 1. The van der Waals surface area contributed by atoms with Gasteiger partial charge in [0.05, 0.1) is 12.1 Å². The number of aromatic amines is 1. The SMILES string of the molecule is Cc1[nH]nc(NC(=O)c2ccccc2F)c1CN(C)C(=O)N1CC2CCCN2C[C@@H]1C. The van der Waals surface area contributed by atoms with Gasteiger partial charge in [-0.1, -0.05) is 12.1 Å². The zero-order valence-corrected chi connectivity index (χ0v) is 18.2. The molecule has 9 heteroatoms. The molecule has 1 aromatic carbocycles. The first-order valence-electron chi connectivity index (χ1n) is 10.7. The maximum atomic E-state index is 13.9. The number of carbonyl (C=O) groups excluding carboxylic acids is 2. The van der Waals surface area contributed by atoms with Crippen LogP contribution < -0.4 is 5.32 Å². The molecule has 0 radical (unpaired) electrons. The first kappa shape index (κ1) is 21.3. The average molecular weight is 429 g/mol. The van der Waals surface area contributed by atoms with Crippen LogP contribution in [0, 0.1) is 12.7 Å². The highest BCUT2D eigenvalue weighted by atomic mass is 19.1. The molecule has 0 spiro atoms. The maximum Gasteiger partial charge on any atom is 0.320 e. The second kappa shape index (κ2) is 8.66. The monoisotopic (exact) mass is 428 g/mol. The minimum absolute atomic E-state index is 0.0361. The molecule has 1 unspecified atom stereocenters. The van der Waals surface area contributed by atoms with Gasteiger partial charge in [-0.2, -0.15) is 5.10 Å². The molecular formula is C22H29FN6O2. The van der Waals surface area contributed by atoms with Crippen LogP contribution in [0.4, 0.5) is 15.0 Å². The molecule has 0 saturated carbocycles. The Balaban J connectivity index is 1.45. The van der Waals surface area contributed by atoms with Crippen molar-refractivity contribution in [3.8, 4) is 0 Å². The number of urea groups is 1. The summed E-state index contributed by atoms with van der Waals surface area (Å²) < 4.78 is 13.9. The van der Waals surface area contributed by atoms with E-state index in [-0.39, 0.29) is 24.2 Å². The number of fused-ring (bicyclic) bond motifs is 1. The molecule has 2 fully saturated rings. The quantitative estimate of drug-likeness (QED) is 0.784. The van der Waals surface area contributed by atoms with E-state index in [1.165, 1.54) is 24.6 Å². The van der Waals surface area contributed by atoms with Gasteiger partial charge in [0.2, 0.25) is 0 Å². The Morgan fingerprint density at radius 3 is 2.87 bits per heavy atom. The molecule has 0 aliphatic carbocycles. The van der Waals surface area contributed by atoms with Crippen molar-refractivity contribution < 1.29 is 14.0 Å². The van der Waals surface area contributed by atoms with Crippen LogP contribution in [-0.4, -0.2) is 75.6 Å². The molecule has 166 valence electrons. The standard InChI is InChI=1S/C22H29FN6O2/c1-14-11-28-10-6-7-16(28)12-29(14)22(31)27(3)13-18-15(2)25-26-20(18)24-21(30)17-8-4-5-9-19(17)23/h4-5,8-9,14,16H,6-7,10-13H2,1-3H3,(H2,24,25,26,30)/t14-,16?/m0/s1. The molecule has 0 bridgehead atoms. The summed E-state index contributed by atoms with van der Waals surface area (Å²) in [6.45, 7) is 6.96. The molecule has 8 nitrogen and oxygen atoms in total. The molecule has 3 heterocycles. The third kappa shape index (κ3) is 4.27. The number of nitrogens with zero attached hydrogens (tertiary/aromatic N) is 4. The summed E-state index contributed by atoms with van der Waals surface area (Å²) in [6.07, 6.45) is 2.32. The molecule has 4 rings (SSSR count). The van der Waals surface area contributed by atoms with Crippen LogP contribution in [0.15, 0.2) is 24.3 Å². The summed E-state index contributed by atoms with van der Waals surface area (Å²) in [7, 11) is 1.75. The van der Waals surface area contributed by atoms with Crippen molar-refractivity contribution in [2.75, 3.05) is 32.0 Å². The predicted octanol–water partition coefficient (Wildman–Crippen LogP) is 2.83. The van der Waals surface area contributed by atoms with Crippen LogP contribution in [0.3, 0.4) is 0 Å².